The van der Waals surface area contributed by atoms with Crippen molar-refractivity contribution in [3.8, 4) is 62.4 Å². The highest BCUT2D eigenvalue weighted by Gasteiger charge is 2.22. The predicted octanol–water partition coefficient (Wildman–Crippen LogP) is 14.7. The summed E-state index contributed by atoms with van der Waals surface area (Å²) in [6.45, 7) is 0. The molecule has 13 rings (SSSR count). The van der Waals surface area contributed by atoms with Crippen LogP contribution >= 0.6 is 0 Å². The Hall–Kier alpha value is -8.87. The summed E-state index contributed by atoms with van der Waals surface area (Å²) in [5, 5.41) is 6.00. The fourth-order valence-corrected chi connectivity index (χ4v) is 9.66. The van der Waals surface area contributed by atoms with Gasteiger partial charge in [0.15, 0.2) is 17.5 Å². The zero-order valence-electron chi connectivity index (χ0n) is 35.1. The summed E-state index contributed by atoms with van der Waals surface area (Å²) in [6.07, 6.45) is 2.18. The van der Waals surface area contributed by atoms with Gasteiger partial charge < -0.3 is 13.7 Å². The number of rotatable bonds is 7. The number of aromatic nitrogens is 6. The number of fused-ring (bicyclic) bond motifs is 7. The lowest BCUT2D eigenvalue weighted by Crippen LogP contribution is -2.02. The Morgan fingerprint density at radius 2 is 0.723 bits per heavy atom. The van der Waals surface area contributed by atoms with Gasteiger partial charge in [0.1, 0.15) is 0 Å². The van der Waals surface area contributed by atoms with Gasteiger partial charge in [-0.25, -0.2) is 15.0 Å². The van der Waals surface area contributed by atoms with Crippen molar-refractivity contribution in [2.24, 2.45) is 0 Å². The van der Waals surface area contributed by atoms with Crippen LogP contribution in [0.25, 0.3) is 117 Å². The van der Waals surface area contributed by atoms with E-state index in [1.54, 1.807) is 0 Å². The molecule has 9 aromatic carbocycles. The molecular weight excluding hydrogens is 793 g/mol. The Morgan fingerprint density at radius 3 is 1.35 bits per heavy atom. The van der Waals surface area contributed by atoms with Crippen molar-refractivity contribution in [2.45, 2.75) is 0 Å². The van der Waals surface area contributed by atoms with E-state index in [1.807, 2.05) is 36.4 Å². The monoisotopic (exact) mass is 830 g/mol. The molecule has 13 aromatic rings. The molecule has 0 fully saturated rings. The highest BCUT2D eigenvalue weighted by molar-refractivity contribution is 6.20. The highest BCUT2D eigenvalue weighted by atomic mass is 15.0. The molecule has 304 valence electrons. The number of para-hydroxylation sites is 3. The molecule has 0 unspecified atom stereocenters. The quantitative estimate of drug-likeness (QED) is 0.161. The topological polar surface area (TPSA) is 53.5 Å². The minimum atomic E-state index is 0.607. The number of nitrogens with zero attached hydrogens (tertiary/aromatic N) is 6. The van der Waals surface area contributed by atoms with Crippen molar-refractivity contribution in [3.05, 3.63) is 231 Å². The van der Waals surface area contributed by atoms with E-state index < -0.39 is 0 Å². The van der Waals surface area contributed by atoms with Crippen molar-refractivity contribution in [3.63, 3.8) is 0 Å². The molecule has 0 atom stereocenters. The predicted molar refractivity (Wildman–Crippen MR) is 267 cm³/mol. The van der Waals surface area contributed by atoms with E-state index in [0.29, 0.717) is 17.5 Å². The molecule has 0 saturated carbocycles. The van der Waals surface area contributed by atoms with Crippen molar-refractivity contribution in [2.75, 3.05) is 0 Å². The fourth-order valence-electron chi connectivity index (χ4n) is 9.66. The molecule has 0 aliphatic carbocycles. The zero-order chi connectivity index (χ0) is 42.8. The van der Waals surface area contributed by atoms with Gasteiger partial charge in [-0.05, 0) is 90.0 Å². The van der Waals surface area contributed by atoms with Crippen molar-refractivity contribution in [1.29, 1.82) is 0 Å². The van der Waals surface area contributed by atoms with Crippen molar-refractivity contribution < 1.29 is 0 Å². The van der Waals surface area contributed by atoms with Crippen molar-refractivity contribution >= 4 is 54.5 Å². The van der Waals surface area contributed by atoms with Crippen LogP contribution in [0.5, 0.6) is 0 Å². The molecule has 4 heterocycles. The second-order valence-electron chi connectivity index (χ2n) is 16.5. The molecule has 0 radical (unpaired) electrons. The molecule has 0 aliphatic rings. The van der Waals surface area contributed by atoms with Crippen molar-refractivity contribution in [1.82, 2.24) is 28.7 Å². The lowest BCUT2D eigenvalue weighted by atomic mass is 10.0. The molecular formula is C59H38N6. The average molecular weight is 831 g/mol. The largest absolute Gasteiger partial charge is 0.316 e. The second-order valence-corrected chi connectivity index (χ2v) is 16.5. The van der Waals surface area contributed by atoms with E-state index in [1.165, 1.54) is 26.9 Å². The molecule has 0 saturated heterocycles. The normalized spacial score (nSPS) is 11.7. The van der Waals surface area contributed by atoms with Crippen LogP contribution in [0.1, 0.15) is 0 Å². The third kappa shape index (κ3) is 6.15. The summed E-state index contributed by atoms with van der Waals surface area (Å²) in [4.78, 5) is 15.4. The zero-order valence-corrected chi connectivity index (χ0v) is 35.1. The lowest BCUT2D eigenvalue weighted by molar-refractivity contribution is 1.07. The first-order chi connectivity index (χ1) is 32.2. The van der Waals surface area contributed by atoms with Crippen LogP contribution in [0.2, 0.25) is 0 Å². The van der Waals surface area contributed by atoms with Gasteiger partial charge in [-0.1, -0.05) is 146 Å². The number of hydrogen-bond donors (Lipinski definition) is 0. The van der Waals surface area contributed by atoms with Crippen LogP contribution in [-0.4, -0.2) is 28.7 Å². The van der Waals surface area contributed by atoms with Gasteiger partial charge in [-0.3, -0.25) is 0 Å². The third-order valence-electron chi connectivity index (χ3n) is 12.7. The third-order valence-corrected chi connectivity index (χ3v) is 12.7. The summed E-state index contributed by atoms with van der Waals surface area (Å²) in [6, 6.07) is 79.5. The summed E-state index contributed by atoms with van der Waals surface area (Å²) in [5.74, 6) is 1.86. The van der Waals surface area contributed by atoms with Gasteiger partial charge in [0.25, 0.3) is 0 Å². The second kappa shape index (κ2) is 14.9. The first kappa shape index (κ1) is 36.8. The van der Waals surface area contributed by atoms with E-state index in [4.69, 9.17) is 15.0 Å². The van der Waals surface area contributed by atoms with Gasteiger partial charge in [0.2, 0.25) is 0 Å². The first-order valence-corrected chi connectivity index (χ1v) is 21.9. The molecule has 65 heavy (non-hydrogen) atoms. The maximum atomic E-state index is 5.20. The first-order valence-electron chi connectivity index (χ1n) is 21.9. The van der Waals surface area contributed by atoms with Gasteiger partial charge >= 0.3 is 0 Å². The maximum Gasteiger partial charge on any atom is 0.164 e. The minimum absolute atomic E-state index is 0.607. The van der Waals surface area contributed by atoms with E-state index in [-0.39, 0.29) is 0 Å². The van der Waals surface area contributed by atoms with Crippen LogP contribution in [0.4, 0.5) is 0 Å². The van der Waals surface area contributed by atoms with Gasteiger partial charge in [0.05, 0.1) is 27.6 Å². The lowest BCUT2D eigenvalue weighted by Gasteiger charge is -2.15. The molecule has 0 spiro atoms. The Labute approximate surface area is 374 Å². The van der Waals surface area contributed by atoms with Gasteiger partial charge in [-0.15, -0.1) is 0 Å². The maximum absolute atomic E-state index is 5.20. The highest BCUT2D eigenvalue weighted by Crippen LogP contribution is 2.42. The van der Waals surface area contributed by atoms with Crippen LogP contribution in [-0.2, 0) is 0 Å². The number of hydrogen-bond acceptors (Lipinski definition) is 3. The van der Waals surface area contributed by atoms with Crippen LogP contribution < -0.4 is 0 Å². The SMILES string of the molecule is c1ccc(-c2cc(-c3nc(-c4ccccc4)nc(-c4ccccc4)n3)cc(-n3c4ccccc4c4cc5c6cc7ccn(-c8ccccc8)c7cc6n(-c6ccccc6)c5cc43)c2)cc1. The molecule has 4 aromatic heterocycles. The summed E-state index contributed by atoms with van der Waals surface area (Å²) >= 11 is 0. The summed E-state index contributed by atoms with van der Waals surface area (Å²) in [5.41, 5.74) is 13.9. The Balaban J connectivity index is 1.10. The van der Waals surface area contributed by atoms with Gasteiger partial charge in [0, 0.05) is 66.9 Å². The number of benzene rings is 9. The van der Waals surface area contributed by atoms with E-state index in [2.05, 4.69) is 208 Å². The Morgan fingerprint density at radius 1 is 0.262 bits per heavy atom. The molecule has 0 aliphatic heterocycles. The summed E-state index contributed by atoms with van der Waals surface area (Å²) < 4.78 is 7.14. The van der Waals surface area contributed by atoms with E-state index in [0.717, 1.165) is 72.5 Å². The molecule has 6 nitrogen and oxygen atoms in total. The Kier molecular flexibility index (Phi) is 8.42. The van der Waals surface area contributed by atoms with E-state index in [9.17, 15) is 0 Å². The van der Waals surface area contributed by atoms with Gasteiger partial charge in [-0.2, -0.15) is 0 Å². The van der Waals surface area contributed by atoms with Crippen LogP contribution in [0.3, 0.4) is 0 Å². The average Bonchev–Trinajstić information content (AvgIpc) is 4.05. The van der Waals surface area contributed by atoms with Crippen LogP contribution in [0.15, 0.2) is 231 Å². The summed E-state index contributed by atoms with van der Waals surface area (Å²) in [7, 11) is 0. The molecule has 0 amide bonds. The Bertz CT molecular complexity index is 3850. The smallest absolute Gasteiger partial charge is 0.164 e. The van der Waals surface area contributed by atoms with Crippen LogP contribution in [0, 0.1) is 0 Å². The molecule has 0 N–H and O–H groups in total. The fraction of sp³-hybridized carbons (Fsp3) is 0. The standard InChI is InChI=1S/C59H38N6/c1-6-18-39(19-7-1)43-32-44(59-61-57(40-20-8-2-9-21-40)60-58(62-59)41-22-10-3-11-23-41)34-47(33-43)65-52-29-17-16-28-48(52)50-36-51-49-35-42-30-31-63(45-24-12-4-13-25-45)53(42)37-54(49)64(56(51)38-55(50)65)46-26-14-5-15-27-46/h1-38H. The molecule has 0 bridgehead atoms. The minimum Gasteiger partial charge on any atom is -0.316 e. The van der Waals surface area contributed by atoms with E-state index >= 15 is 0 Å². The molecule has 6 heteroatoms.